The normalized spacial score (nSPS) is 11.3. The average Bonchev–Trinajstić information content (AvgIpc) is 3.28. The lowest BCUT2D eigenvalue weighted by molar-refractivity contribution is -0.113. The summed E-state index contributed by atoms with van der Waals surface area (Å²) in [5, 5.41) is 6.34. The molecule has 0 aliphatic rings. The van der Waals surface area contributed by atoms with Crippen molar-refractivity contribution in [1.82, 2.24) is 14.5 Å². The predicted octanol–water partition coefficient (Wildman–Crippen LogP) is 3.35. The van der Waals surface area contributed by atoms with Crippen molar-refractivity contribution in [3.05, 3.63) is 46.2 Å². The van der Waals surface area contributed by atoms with Gasteiger partial charge in [0.25, 0.3) is 5.56 Å². The molecule has 9 heteroatoms. The minimum atomic E-state index is -0.239. The molecule has 26 heavy (non-hydrogen) atoms. The minimum Gasteiger partial charge on any atom is -0.448 e. The third-order valence-electron chi connectivity index (χ3n) is 3.77. The molecule has 3 heterocycles. The average molecular weight is 386 g/mol. The zero-order valence-corrected chi connectivity index (χ0v) is 15.4. The number of thiazole rings is 1. The molecule has 0 saturated carbocycles. The van der Waals surface area contributed by atoms with Gasteiger partial charge in [0.2, 0.25) is 11.5 Å². The number of carbonyl (C=O) groups is 1. The Hall–Kier alpha value is -2.65. The standard InChI is InChI=1S/C17H14N4O3S2/c1-2-21-15(23)14-13(10-5-3-4-6-11(10)24-14)20-17(21)26-9-12(22)19-16-18-7-8-25-16/h3-8H,2,9H2,1H3,(H,18,19,22). The quantitative estimate of drug-likeness (QED) is 0.418. The highest BCUT2D eigenvalue weighted by molar-refractivity contribution is 7.99. The molecule has 0 saturated heterocycles. The molecule has 1 N–H and O–H groups in total. The molecule has 0 fully saturated rings. The van der Waals surface area contributed by atoms with Gasteiger partial charge >= 0.3 is 0 Å². The summed E-state index contributed by atoms with van der Waals surface area (Å²) in [5.41, 5.74) is 1.15. The molecule has 7 nitrogen and oxygen atoms in total. The number of hydrogen-bond donors (Lipinski definition) is 1. The fraction of sp³-hybridized carbons (Fsp3) is 0.176. The van der Waals surface area contributed by atoms with Crippen LogP contribution >= 0.6 is 23.1 Å². The van der Waals surface area contributed by atoms with E-state index in [1.807, 2.05) is 25.1 Å². The number of anilines is 1. The molecule has 3 aromatic heterocycles. The first kappa shape index (κ1) is 16.8. The Morgan fingerprint density at radius 2 is 2.23 bits per heavy atom. The molecule has 0 aliphatic heterocycles. The zero-order chi connectivity index (χ0) is 18.1. The van der Waals surface area contributed by atoms with Crippen LogP contribution in [-0.2, 0) is 11.3 Å². The summed E-state index contributed by atoms with van der Waals surface area (Å²) in [7, 11) is 0. The maximum Gasteiger partial charge on any atom is 0.297 e. The second-order valence-electron chi connectivity index (χ2n) is 5.39. The molecule has 4 rings (SSSR count). The van der Waals surface area contributed by atoms with Gasteiger partial charge in [-0.1, -0.05) is 23.9 Å². The molecule has 1 aromatic carbocycles. The molecular formula is C17H14N4O3S2. The Kier molecular flexibility index (Phi) is 4.48. The van der Waals surface area contributed by atoms with Crippen LogP contribution in [0.4, 0.5) is 5.13 Å². The van der Waals surface area contributed by atoms with E-state index in [2.05, 4.69) is 15.3 Å². The number of nitrogens with zero attached hydrogens (tertiary/aromatic N) is 3. The maximum atomic E-state index is 12.8. The van der Waals surface area contributed by atoms with Gasteiger partial charge in [0.15, 0.2) is 10.3 Å². The number of benzene rings is 1. The number of carbonyl (C=O) groups excluding carboxylic acids is 1. The van der Waals surface area contributed by atoms with Crippen LogP contribution in [0.15, 0.2) is 50.2 Å². The molecule has 0 spiro atoms. The van der Waals surface area contributed by atoms with Gasteiger partial charge in [0, 0.05) is 23.5 Å². The van der Waals surface area contributed by atoms with Gasteiger partial charge in [-0.25, -0.2) is 9.97 Å². The summed E-state index contributed by atoms with van der Waals surface area (Å²) in [4.78, 5) is 33.5. The number of hydrogen-bond acceptors (Lipinski definition) is 7. The zero-order valence-electron chi connectivity index (χ0n) is 13.8. The van der Waals surface area contributed by atoms with E-state index in [0.717, 1.165) is 5.39 Å². The van der Waals surface area contributed by atoms with E-state index in [4.69, 9.17) is 4.42 Å². The van der Waals surface area contributed by atoms with Crippen molar-refractivity contribution in [2.75, 3.05) is 11.1 Å². The fourth-order valence-corrected chi connectivity index (χ4v) is 4.01. The Balaban J connectivity index is 1.68. The number of furan rings is 1. The van der Waals surface area contributed by atoms with E-state index < -0.39 is 0 Å². The molecule has 0 radical (unpaired) electrons. The van der Waals surface area contributed by atoms with Crippen LogP contribution in [0.2, 0.25) is 0 Å². The molecule has 0 bridgehead atoms. The lowest BCUT2D eigenvalue weighted by atomic mass is 10.2. The largest absolute Gasteiger partial charge is 0.448 e. The van der Waals surface area contributed by atoms with Crippen molar-refractivity contribution in [3.63, 3.8) is 0 Å². The van der Waals surface area contributed by atoms with Gasteiger partial charge in [-0.15, -0.1) is 11.3 Å². The van der Waals surface area contributed by atoms with Crippen LogP contribution < -0.4 is 10.9 Å². The number of para-hydroxylation sites is 1. The van der Waals surface area contributed by atoms with E-state index in [1.54, 1.807) is 17.6 Å². The van der Waals surface area contributed by atoms with Crippen molar-refractivity contribution in [3.8, 4) is 0 Å². The van der Waals surface area contributed by atoms with Gasteiger partial charge in [-0.2, -0.15) is 0 Å². The molecular weight excluding hydrogens is 372 g/mol. The van der Waals surface area contributed by atoms with E-state index in [1.165, 1.54) is 27.7 Å². The van der Waals surface area contributed by atoms with Gasteiger partial charge in [-0.05, 0) is 19.1 Å². The number of aromatic nitrogens is 3. The number of thioether (sulfide) groups is 1. The fourth-order valence-electron chi connectivity index (χ4n) is 2.61. The Morgan fingerprint density at radius 3 is 3.00 bits per heavy atom. The number of fused-ring (bicyclic) bond motifs is 3. The number of rotatable bonds is 5. The highest BCUT2D eigenvalue weighted by Gasteiger charge is 2.17. The smallest absolute Gasteiger partial charge is 0.297 e. The van der Waals surface area contributed by atoms with E-state index in [0.29, 0.717) is 27.9 Å². The Morgan fingerprint density at radius 1 is 1.38 bits per heavy atom. The number of nitrogens with one attached hydrogen (secondary N) is 1. The highest BCUT2D eigenvalue weighted by Crippen LogP contribution is 2.27. The second kappa shape index (κ2) is 6.93. The first-order valence-corrected chi connectivity index (χ1v) is 9.78. The first-order valence-electron chi connectivity index (χ1n) is 7.91. The van der Waals surface area contributed by atoms with Gasteiger partial charge in [0.1, 0.15) is 11.1 Å². The van der Waals surface area contributed by atoms with Crippen LogP contribution in [-0.4, -0.2) is 26.2 Å². The third-order valence-corrected chi connectivity index (χ3v) is 5.44. The van der Waals surface area contributed by atoms with E-state index in [9.17, 15) is 9.59 Å². The van der Waals surface area contributed by atoms with Gasteiger partial charge < -0.3 is 9.73 Å². The Labute approximate surface area is 156 Å². The summed E-state index contributed by atoms with van der Waals surface area (Å²) < 4.78 is 7.21. The molecule has 0 aliphatic carbocycles. The summed E-state index contributed by atoms with van der Waals surface area (Å²) in [6, 6.07) is 7.40. The number of amides is 1. The van der Waals surface area contributed by atoms with Gasteiger partial charge in [0.05, 0.1) is 5.75 Å². The van der Waals surface area contributed by atoms with Crippen LogP contribution in [0.1, 0.15) is 6.92 Å². The lowest BCUT2D eigenvalue weighted by Crippen LogP contribution is -2.23. The van der Waals surface area contributed by atoms with Gasteiger partial charge in [-0.3, -0.25) is 14.2 Å². The second-order valence-corrected chi connectivity index (χ2v) is 7.23. The van der Waals surface area contributed by atoms with Crippen molar-refractivity contribution in [2.24, 2.45) is 0 Å². The third kappa shape index (κ3) is 2.99. The van der Waals surface area contributed by atoms with Crippen molar-refractivity contribution >= 4 is 56.2 Å². The molecule has 0 atom stereocenters. The lowest BCUT2D eigenvalue weighted by Gasteiger charge is -2.09. The summed E-state index contributed by atoms with van der Waals surface area (Å²) in [6.07, 6.45) is 1.63. The van der Waals surface area contributed by atoms with Crippen LogP contribution in [0.25, 0.3) is 22.1 Å². The maximum absolute atomic E-state index is 12.8. The van der Waals surface area contributed by atoms with Crippen molar-refractivity contribution < 1.29 is 9.21 Å². The van der Waals surface area contributed by atoms with E-state index in [-0.39, 0.29) is 22.8 Å². The molecule has 132 valence electrons. The predicted molar refractivity (Wildman–Crippen MR) is 103 cm³/mol. The first-order chi connectivity index (χ1) is 12.7. The summed E-state index contributed by atoms with van der Waals surface area (Å²) in [6.45, 7) is 2.30. The molecule has 4 aromatic rings. The monoisotopic (exact) mass is 386 g/mol. The van der Waals surface area contributed by atoms with E-state index >= 15 is 0 Å². The SMILES string of the molecule is CCn1c(SCC(=O)Nc2nccs2)nc2c(oc3ccccc32)c1=O. The van der Waals surface area contributed by atoms with Crippen molar-refractivity contribution in [1.29, 1.82) is 0 Å². The highest BCUT2D eigenvalue weighted by atomic mass is 32.2. The summed E-state index contributed by atoms with van der Waals surface area (Å²) >= 11 is 2.57. The Bertz CT molecular complexity index is 1150. The van der Waals surface area contributed by atoms with Crippen molar-refractivity contribution in [2.45, 2.75) is 18.6 Å². The minimum absolute atomic E-state index is 0.132. The van der Waals surface area contributed by atoms with Crippen LogP contribution in [0.5, 0.6) is 0 Å². The molecule has 1 amide bonds. The van der Waals surface area contributed by atoms with Crippen LogP contribution in [0, 0.1) is 0 Å². The summed E-state index contributed by atoms with van der Waals surface area (Å²) in [5.74, 6) is -0.0631. The molecule has 0 unspecified atom stereocenters. The topological polar surface area (TPSA) is 90.0 Å². The van der Waals surface area contributed by atoms with Crippen LogP contribution in [0.3, 0.4) is 0 Å².